The first-order valence-electron chi connectivity index (χ1n) is 3.83. The molecule has 0 atom stereocenters. The molecule has 0 saturated carbocycles. The van der Waals surface area contributed by atoms with E-state index in [4.69, 9.17) is 75.4 Å². The van der Waals surface area contributed by atoms with E-state index < -0.39 is 36.6 Å². The summed E-state index contributed by atoms with van der Waals surface area (Å²) in [5, 5.41) is 110. The van der Waals surface area contributed by atoms with Crippen molar-refractivity contribution in [1.29, 1.82) is 0 Å². The van der Waals surface area contributed by atoms with Gasteiger partial charge in [-0.05, 0) is 0 Å². The standard InChI is InChI=1S/4BH3O3.BHO3.Ni/c5*2-1(3)4;/h4*2-4H;2H;/q;;;;-2;+2. The molecule has 0 heterocycles. The second-order valence-electron chi connectivity index (χ2n) is 1.69. The van der Waals surface area contributed by atoms with Crippen molar-refractivity contribution >= 4 is 36.6 Å². The van der Waals surface area contributed by atoms with Crippen LogP contribution in [0.15, 0.2) is 0 Å². The van der Waals surface area contributed by atoms with Crippen molar-refractivity contribution in [2.45, 2.75) is 0 Å². The molecule has 0 aliphatic rings. The molecule has 21 heavy (non-hydrogen) atoms. The third-order valence-electron chi connectivity index (χ3n) is 0. The van der Waals surface area contributed by atoms with Crippen molar-refractivity contribution in [3.63, 3.8) is 0 Å². The minimum Gasteiger partial charge on any atom is -0.871 e. The van der Waals surface area contributed by atoms with Crippen LogP contribution in [0.5, 0.6) is 0 Å². The maximum Gasteiger partial charge on any atom is 2.00 e. The van der Waals surface area contributed by atoms with Crippen LogP contribution < -0.4 is 10.0 Å². The molecule has 0 aliphatic heterocycles. The summed E-state index contributed by atoms with van der Waals surface area (Å²) in [7, 11) is -11.3. The van der Waals surface area contributed by atoms with E-state index in [0.29, 0.717) is 0 Å². The van der Waals surface area contributed by atoms with Crippen LogP contribution in [0.4, 0.5) is 0 Å². The molecular formula is H13B5NiO15. The molecule has 0 aliphatic carbocycles. The molecule has 0 fully saturated rings. The monoisotopic (exact) mass is 366 g/mol. The Morgan fingerprint density at radius 1 is 0.381 bits per heavy atom. The fourth-order valence-electron chi connectivity index (χ4n) is 0. The fourth-order valence-corrected chi connectivity index (χ4v) is 0. The van der Waals surface area contributed by atoms with Crippen LogP contribution in [0.25, 0.3) is 0 Å². The average molecular weight is 366 g/mol. The maximum absolute atomic E-state index is 8.53. The topological polar surface area (TPSA) is 309 Å². The van der Waals surface area contributed by atoms with Gasteiger partial charge in [0.25, 0.3) is 0 Å². The summed E-state index contributed by atoms with van der Waals surface area (Å²) in [5.41, 5.74) is 0. The number of hydrogen-bond donors (Lipinski definition) is 13. The molecule has 0 rings (SSSR count). The summed E-state index contributed by atoms with van der Waals surface area (Å²) < 4.78 is 0. The Bertz CT molecular complexity index is 80.6. The Hall–Kier alpha value is 0.218. The molecule has 0 aromatic carbocycles. The van der Waals surface area contributed by atoms with E-state index in [2.05, 4.69) is 0 Å². The smallest absolute Gasteiger partial charge is 0.871 e. The van der Waals surface area contributed by atoms with Crippen LogP contribution in [0.1, 0.15) is 0 Å². The van der Waals surface area contributed by atoms with Gasteiger partial charge in [0.1, 0.15) is 0 Å². The second-order valence-corrected chi connectivity index (χ2v) is 1.69. The zero-order valence-electron chi connectivity index (χ0n) is 9.83. The van der Waals surface area contributed by atoms with E-state index in [1.54, 1.807) is 0 Å². The van der Waals surface area contributed by atoms with Gasteiger partial charge in [0.05, 0.1) is 7.32 Å². The van der Waals surface area contributed by atoms with Crippen molar-refractivity contribution < 1.29 is 91.9 Å². The summed E-state index contributed by atoms with van der Waals surface area (Å²) >= 11 is 0. The molecule has 0 spiro atoms. The largest absolute Gasteiger partial charge is 2.00 e. The van der Waals surface area contributed by atoms with E-state index in [1.165, 1.54) is 0 Å². The van der Waals surface area contributed by atoms with Crippen molar-refractivity contribution in [3.05, 3.63) is 0 Å². The van der Waals surface area contributed by atoms with E-state index in [9.17, 15) is 0 Å². The molecule has 0 radical (unpaired) electrons. The van der Waals surface area contributed by atoms with Gasteiger partial charge in [-0.3, -0.25) is 0 Å². The molecular weight excluding hydrogens is 353 g/mol. The third kappa shape index (κ3) is 141000. The van der Waals surface area contributed by atoms with Crippen LogP contribution in [0.2, 0.25) is 0 Å². The van der Waals surface area contributed by atoms with Crippen LogP contribution >= 0.6 is 0 Å². The first-order chi connectivity index (χ1) is 8.66. The van der Waals surface area contributed by atoms with Gasteiger partial charge in [-0.1, -0.05) is 0 Å². The molecule has 15 nitrogen and oxygen atoms in total. The first kappa shape index (κ1) is 37.5. The average Bonchev–Trinajstić information content (AvgIpc) is 1.94. The Morgan fingerprint density at radius 2 is 0.381 bits per heavy atom. The third-order valence-corrected chi connectivity index (χ3v) is 0. The van der Waals surface area contributed by atoms with Crippen molar-refractivity contribution in [1.82, 2.24) is 0 Å². The van der Waals surface area contributed by atoms with Gasteiger partial charge >= 0.3 is 45.8 Å². The van der Waals surface area contributed by atoms with Crippen LogP contribution in [-0.2, 0) is 16.5 Å². The zero-order chi connectivity index (χ0) is 17.9. The van der Waals surface area contributed by atoms with E-state index in [1.807, 2.05) is 0 Å². The predicted molar refractivity (Wildman–Crippen MR) is 57.6 cm³/mol. The summed E-state index contributed by atoms with van der Waals surface area (Å²) in [4.78, 5) is 0. The SMILES string of the molecule is OB(O)O.OB(O)O.OB(O)O.OB(O)O.[Ni+2].[O-]B([O-])O. The van der Waals surface area contributed by atoms with Gasteiger partial charge in [0.15, 0.2) is 0 Å². The Balaban J connectivity index is -0.0000000331. The van der Waals surface area contributed by atoms with Gasteiger partial charge in [-0.25, -0.2) is 0 Å². The molecule has 13 N–H and O–H groups in total. The predicted octanol–water partition coefficient (Wildman–Crippen LogP) is -11.5. The molecule has 128 valence electrons. The zero-order valence-corrected chi connectivity index (χ0v) is 10.8. The second kappa shape index (κ2) is 32.2. The quantitative estimate of drug-likeness (QED) is 0.177. The van der Waals surface area contributed by atoms with Crippen LogP contribution in [-0.4, -0.2) is 102 Å². The molecule has 0 bridgehead atoms. The molecule has 0 aromatic rings. The Labute approximate surface area is 129 Å². The molecule has 0 unspecified atom stereocenters. The van der Waals surface area contributed by atoms with Gasteiger partial charge in [-0.15, -0.1) is 0 Å². The molecule has 21 heteroatoms. The maximum atomic E-state index is 8.53. The minimum atomic E-state index is -2.67. The van der Waals surface area contributed by atoms with Gasteiger partial charge in [0, 0.05) is 0 Å². The first-order valence-corrected chi connectivity index (χ1v) is 3.83. The van der Waals surface area contributed by atoms with Gasteiger partial charge in [0.2, 0.25) is 0 Å². The molecule has 0 saturated heterocycles. The van der Waals surface area contributed by atoms with E-state index in [-0.39, 0.29) is 16.5 Å². The van der Waals surface area contributed by atoms with Gasteiger partial charge < -0.3 is 75.4 Å². The minimum absolute atomic E-state index is 0. The van der Waals surface area contributed by atoms with Gasteiger partial charge in [-0.2, -0.15) is 0 Å². The van der Waals surface area contributed by atoms with Crippen LogP contribution in [0, 0.1) is 0 Å². The summed E-state index contributed by atoms with van der Waals surface area (Å²) in [5.74, 6) is 0. The Morgan fingerprint density at radius 3 is 0.381 bits per heavy atom. The summed E-state index contributed by atoms with van der Waals surface area (Å²) in [6, 6.07) is 0. The number of hydrogen-bond acceptors (Lipinski definition) is 15. The summed E-state index contributed by atoms with van der Waals surface area (Å²) in [6.45, 7) is 0. The molecule has 0 aromatic heterocycles. The van der Waals surface area contributed by atoms with Crippen molar-refractivity contribution in [2.75, 3.05) is 0 Å². The summed E-state index contributed by atoms with van der Waals surface area (Å²) in [6.07, 6.45) is 0. The van der Waals surface area contributed by atoms with Crippen molar-refractivity contribution in [2.24, 2.45) is 0 Å². The molecule has 0 amide bonds. The normalized spacial score (nSPS) is 6.43. The van der Waals surface area contributed by atoms with Crippen molar-refractivity contribution in [3.8, 4) is 0 Å². The van der Waals surface area contributed by atoms with Crippen LogP contribution in [0.3, 0.4) is 0 Å². The Kier molecular flexibility index (Phi) is 57.5. The number of rotatable bonds is 0. The van der Waals surface area contributed by atoms with E-state index >= 15 is 0 Å². The van der Waals surface area contributed by atoms with E-state index in [0.717, 1.165) is 0 Å². The fraction of sp³-hybridized carbons (Fsp3) is 0.